The molecule has 0 radical (unpaired) electrons. The van der Waals surface area contributed by atoms with Crippen molar-refractivity contribution in [2.45, 2.75) is 33.1 Å². The lowest BCUT2D eigenvalue weighted by Crippen LogP contribution is -1.92. The lowest BCUT2D eigenvalue weighted by atomic mass is 10.3. The van der Waals surface area contributed by atoms with Gasteiger partial charge >= 0.3 is 0 Å². The van der Waals surface area contributed by atoms with E-state index in [1.54, 1.807) is 6.08 Å². The zero-order valence-corrected chi connectivity index (χ0v) is 7.47. The van der Waals surface area contributed by atoms with Crippen molar-refractivity contribution >= 4 is 0 Å². The monoisotopic (exact) mass is 158 g/mol. The summed E-state index contributed by atoms with van der Waals surface area (Å²) in [6, 6.07) is 0. The molecule has 0 spiro atoms. The van der Waals surface area contributed by atoms with Gasteiger partial charge in [-0.1, -0.05) is 19.8 Å². The molecule has 0 unspecified atom stereocenters. The highest BCUT2D eigenvalue weighted by Crippen LogP contribution is 1.99. The van der Waals surface area contributed by atoms with E-state index < -0.39 is 0 Å². The van der Waals surface area contributed by atoms with Gasteiger partial charge in [0.25, 0.3) is 0 Å². The van der Waals surface area contributed by atoms with Crippen molar-refractivity contribution in [3.63, 3.8) is 0 Å². The van der Waals surface area contributed by atoms with Gasteiger partial charge in [-0.2, -0.15) is 0 Å². The van der Waals surface area contributed by atoms with Crippen LogP contribution in [-0.2, 0) is 4.74 Å². The minimum absolute atomic E-state index is 0.0691. The molecule has 0 rings (SSSR count). The Morgan fingerprint density at radius 3 is 2.73 bits per heavy atom. The Hall–Kier alpha value is -0.500. The summed E-state index contributed by atoms with van der Waals surface area (Å²) in [5, 5.41) is 8.48. The molecule has 0 bridgehead atoms. The van der Waals surface area contributed by atoms with Crippen LogP contribution >= 0.6 is 0 Å². The van der Waals surface area contributed by atoms with Gasteiger partial charge in [-0.3, -0.25) is 0 Å². The Morgan fingerprint density at radius 2 is 2.18 bits per heavy atom. The van der Waals surface area contributed by atoms with E-state index in [0.29, 0.717) is 0 Å². The first kappa shape index (κ1) is 10.5. The van der Waals surface area contributed by atoms with Crippen LogP contribution in [0.25, 0.3) is 0 Å². The van der Waals surface area contributed by atoms with Gasteiger partial charge in [0.2, 0.25) is 0 Å². The predicted octanol–water partition coefficient (Wildman–Crippen LogP) is 2.09. The first-order valence-corrected chi connectivity index (χ1v) is 4.21. The van der Waals surface area contributed by atoms with Crippen LogP contribution in [0, 0.1) is 0 Å². The Morgan fingerprint density at radius 1 is 1.45 bits per heavy atom. The second-order valence-electron chi connectivity index (χ2n) is 2.55. The van der Waals surface area contributed by atoms with E-state index in [1.165, 1.54) is 12.8 Å². The van der Waals surface area contributed by atoms with Gasteiger partial charge in [0.05, 0.1) is 19.0 Å². The lowest BCUT2D eigenvalue weighted by molar-refractivity contribution is 0.203. The second-order valence-corrected chi connectivity index (χ2v) is 2.55. The molecule has 0 fully saturated rings. The minimum atomic E-state index is 0.0691. The summed E-state index contributed by atoms with van der Waals surface area (Å²) in [7, 11) is 0. The number of unbranched alkanes of at least 4 members (excludes halogenated alkanes) is 2. The van der Waals surface area contributed by atoms with Crippen LogP contribution in [0.5, 0.6) is 0 Å². The fourth-order valence-electron chi connectivity index (χ4n) is 0.773. The Labute approximate surface area is 68.9 Å². The first-order valence-electron chi connectivity index (χ1n) is 4.21. The van der Waals surface area contributed by atoms with Crippen molar-refractivity contribution in [1.82, 2.24) is 0 Å². The molecule has 0 aliphatic rings. The molecule has 0 aromatic heterocycles. The number of hydrogen-bond acceptors (Lipinski definition) is 2. The zero-order valence-electron chi connectivity index (χ0n) is 7.47. The van der Waals surface area contributed by atoms with Crippen LogP contribution in [0.3, 0.4) is 0 Å². The molecule has 0 amide bonds. The molecule has 0 heterocycles. The molecular formula is C9H18O2. The minimum Gasteiger partial charge on any atom is -0.498 e. The summed E-state index contributed by atoms with van der Waals surface area (Å²) in [6.45, 7) is 4.87. The number of aliphatic hydroxyl groups excluding tert-OH is 1. The molecule has 1 N–H and O–H groups in total. The smallest absolute Gasteiger partial charge is 0.0911 e. The molecule has 11 heavy (non-hydrogen) atoms. The molecule has 66 valence electrons. The van der Waals surface area contributed by atoms with Gasteiger partial charge < -0.3 is 9.84 Å². The average Bonchev–Trinajstić information content (AvgIpc) is 1.99. The van der Waals surface area contributed by atoms with Crippen molar-refractivity contribution in [3.8, 4) is 0 Å². The molecular weight excluding hydrogens is 140 g/mol. The normalized spacial score (nSPS) is 11.7. The number of rotatable bonds is 6. The van der Waals surface area contributed by atoms with Crippen molar-refractivity contribution in [2.75, 3.05) is 13.2 Å². The van der Waals surface area contributed by atoms with Crippen LogP contribution < -0.4 is 0 Å². The number of hydrogen-bond donors (Lipinski definition) is 1. The molecule has 0 atom stereocenters. The third kappa shape index (κ3) is 7.40. The summed E-state index contributed by atoms with van der Waals surface area (Å²) >= 11 is 0. The van der Waals surface area contributed by atoms with Crippen LogP contribution in [0.4, 0.5) is 0 Å². The van der Waals surface area contributed by atoms with Crippen molar-refractivity contribution in [2.24, 2.45) is 0 Å². The van der Waals surface area contributed by atoms with E-state index in [4.69, 9.17) is 9.84 Å². The summed E-state index contributed by atoms with van der Waals surface area (Å²) in [6.07, 6.45) is 5.21. The van der Waals surface area contributed by atoms with Gasteiger partial charge in [-0.25, -0.2) is 0 Å². The molecule has 0 aromatic rings. The largest absolute Gasteiger partial charge is 0.498 e. The molecule has 0 aliphatic heterocycles. The lowest BCUT2D eigenvalue weighted by Gasteiger charge is -2.04. The highest BCUT2D eigenvalue weighted by Gasteiger charge is 1.88. The second kappa shape index (κ2) is 7.61. The summed E-state index contributed by atoms with van der Waals surface area (Å²) in [5.74, 6) is 0.823. The van der Waals surface area contributed by atoms with Crippen LogP contribution in [-0.4, -0.2) is 18.3 Å². The number of allylic oxidation sites excluding steroid dienone is 1. The maximum atomic E-state index is 8.48. The number of ether oxygens (including phenoxy) is 1. The average molecular weight is 158 g/mol. The Kier molecular flexibility index (Phi) is 7.26. The zero-order chi connectivity index (χ0) is 8.53. The molecule has 2 heteroatoms. The highest BCUT2D eigenvalue weighted by molar-refractivity contribution is 4.87. The quantitative estimate of drug-likeness (QED) is 0.474. The van der Waals surface area contributed by atoms with E-state index >= 15 is 0 Å². The topological polar surface area (TPSA) is 29.5 Å². The van der Waals surface area contributed by atoms with Gasteiger partial charge in [-0.05, 0) is 19.4 Å². The van der Waals surface area contributed by atoms with E-state index in [1.807, 2.05) is 6.92 Å². The van der Waals surface area contributed by atoms with Crippen LogP contribution in [0.2, 0.25) is 0 Å². The molecule has 0 saturated carbocycles. The van der Waals surface area contributed by atoms with E-state index in [-0.39, 0.29) is 6.61 Å². The van der Waals surface area contributed by atoms with Crippen molar-refractivity contribution in [1.29, 1.82) is 0 Å². The van der Waals surface area contributed by atoms with Crippen LogP contribution in [0.15, 0.2) is 11.8 Å². The van der Waals surface area contributed by atoms with Gasteiger partial charge in [0.15, 0.2) is 0 Å². The molecule has 2 nitrogen and oxygen atoms in total. The maximum Gasteiger partial charge on any atom is 0.0911 e. The molecule has 0 aliphatic carbocycles. The summed E-state index contributed by atoms with van der Waals surface area (Å²) in [4.78, 5) is 0. The first-order chi connectivity index (χ1) is 5.31. The maximum absolute atomic E-state index is 8.48. The number of aliphatic hydroxyl groups is 1. The van der Waals surface area contributed by atoms with E-state index in [9.17, 15) is 0 Å². The highest BCUT2D eigenvalue weighted by atomic mass is 16.5. The summed E-state index contributed by atoms with van der Waals surface area (Å²) in [5.41, 5.74) is 0. The van der Waals surface area contributed by atoms with Crippen LogP contribution in [0.1, 0.15) is 33.1 Å². The third-order valence-corrected chi connectivity index (χ3v) is 1.46. The SMILES string of the molecule is CCCCCOC(C)=CCO. The van der Waals surface area contributed by atoms with Crippen molar-refractivity contribution in [3.05, 3.63) is 11.8 Å². The Bertz CT molecular complexity index is 108. The summed E-state index contributed by atoms with van der Waals surface area (Å²) < 4.78 is 5.29. The van der Waals surface area contributed by atoms with Gasteiger partial charge in [0.1, 0.15) is 0 Å². The molecule has 0 aromatic carbocycles. The standard InChI is InChI=1S/C9H18O2/c1-3-4-5-8-11-9(2)6-7-10/h6,10H,3-5,7-8H2,1-2H3. The van der Waals surface area contributed by atoms with Crippen molar-refractivity contribution < 1.29 is 9.84 Å². The Balaban J connectivity index is 3.17. The predicted molar refractivity (Wildman–Crippen MR) is 46.3 cm³/mol. The van der Waals surface area contributed by atoms with Gasteiger partial charge in [0, 0.05) is 0 Å². The fraction of sp³-hybridized carbons (Fsp3) is 0.778. The fourth-order valence-corrected chi connectivity index (χ4v) is 0.773. The third-order valence-electron chi connectivity index (χ3n) is 1.46. The van der Waals surface area contributed by atoms with E-state index in [2.05, 4.69) is 6.92 Å². The van der Waals surface area contributed by atoms with Gasteiger partial charge in [-0.15, -0.1) is 0 Å². The van der Waals surface area contributed by atoms with E-state index in [0.717, 1.165) is 18.8 Å². The molecule has 0 saturated heterocycles.